The molecule has 0 amide bonds. The highest BCUT2D eigenvalue weighted by Gasteiger charge is 2.32. The summed E-state index contributed by atoms with van der Waals surface area (Å²) in [5.41, 5.74) is 0.615. The maximum atomic E-state index is 13.6. The summed E-state index contributed by atoms with van der Waals surface area (Å²) in [4.78, 5) is 0.0854. The smallest absolute Gasteiger partial charge is 0.243 e. The van der Waals surface area contributed by atoms with Crippen LogP contribution in [0.1, 0.15) is 19.4 Å². The number of benzene rings is 1. The van der Waals surface area contributed by atoms with Crippen molar-refractivity contribution < 1.29 is 12.8 Å². The zero-order chi connectivity index (χ0) is 15.5. The van der Waals surface area contributed by atoms with Crippen LogP contribution in [0.2, 0.25) is 0 Å². The van der Waals surface area contributed by atoms with E-state index in [1.807, 2.05) is 13.8 Å². The van der Waals surface area contributed by atoms with E-state index in [9.17, 15) is 12.8 Å². The molecule has 21 heavy (non-hydrogen) atoms. The second kappa shape index (κ2) is 7.09. The van der Waals surface area contributed by atoms with Crippen molar-refractivity contribution >= 4 is 21.8 Å². The summed E-state index contributed by atoms with van der Waals surface area (Å²) < 4.78 is 40.8. The number of halogens is 1. The molecule has 1 atom stereocenters. The molecule has 1 aliphatic heterocycles. The lowest BCUT2D eigenvalue weighted by molar-refractivity contribution is 0.367. The highest BCUT2D eigenvalue weighted by Crippen LogP contribution is 2.27. The van der Waals surface area contributed by atoms with Crippen molar-refractivity contribution in [2.24, 2.45) is 0 Å². The number of hydrogen-bond donors (Lipinski definition) is 1. The van der Waals surface area contributed by atoms with Crippen molar-refractivity contribution in [2.75, 3.05) is 24.6 Å². The molecule has 4 nitrogen and oxygen atoms in total. The van der Waals surface area contributed by atoms with Crippen LogP contribution in [0.4, 0.5) is 4.39 Å². The molecule has 0 aromatic heterocycles. The molecule has 0 radical (unpaired) electrons. The maximum Gasteiger partial charge on any atom is 0.243 e. The number of nitrogens with zero attached hydrogens (tertiary/aromatic N) is 1. The van der Waals surface area contributed by atoms with Gasteiger partial charge in [0, 0.05) is 30.6 Å². The molecule has 1 heterocycles. The molecule has 1 aromatic rings. The van der Waals surface area contributed by atoms with E-state index in [4.69, 9.17) is 0 Å². The van der Waals surface area contributed by atoms with Gasteiger partial charge in [0.1, 0.15) is 5.82 Å². The van der Waals surface area contributed by atoms with Gasteiger partial charge in [-0.25, -0.2) is 12.8 Å². The predicted molar refractivity (Wildman–Crippen MR) is 84.5 cm³/mol. The quantitative estimate of drug-likeness (QED) is 0.897. The second-order valence-electron chi connectivity index (χ2n) is 5.07. The van der Waals surface area contributed by atoms with E-state index in [-0.39, 0.29) is 10.9 Å². The van der Waals surface area contributed by atoms with Gasteiger partial charge in [-0.3, -0.25) is 0 Å². The summed E-state index contributed by atoms with van der Waals surface area (Å²) in [6.07, 6.45) is 0. The number of nitrogens with one attached hydrogen (secondary N) is 1. The zero-order valence-electron chi connectivity index (χ0n) is 12.3. The second-order valence-corrected chi connectivity index (χ2v) is 8.08. The summed E-state index contributed by atoms with van der Waals surface area (Å²) in [6, 6.07) is 3.93. The van der Waals surface area contributed by atoms with E-state index in [1.165, 1.54) is 10.4 Å². The molecule has 1 fully saturated rings. The van der Waals surface area contributed by atoms with Crippen LogP contribution in [0.25, 0.3) is 0 Å². The fourth-order valence-corrected chi connectivity index (χ4v) is 5.46. The van der Waals surface area contributed by atoms with Crippen molar-refractivity contribution in [3.05, 3.63) is 29.6 Å². The van der Waals surface area contributed by atoms with E-state index >= 15 is 0 Å². The van der Waals surface area contributed by atoms with E-state index in [0.29, 0.717) is 18.7 Å². The number of thioether (sulfide) groups is 1. The van der Waals surface area contributed by atoms with Crippen LogP contribution in [0.5, 0.6) is 0 Å². The molecule has 0 aliphatic carbocycles. The molecule has 118 valence electrons. The van der Waals surface area contributed by atoms with E-state index in [1.54, 1.807) is 17.8 Å². The molecule has 1 N–H and O–H groups in total. The maximum absolute atomic E-state index is 13.6. The molecule has 0 saturated carbocycles. The SMILES string of the molecule is CCNCc1ccc(F)cc1S(=O)(=O)N1CCSCC1C. The largest absolute Gasteiger partial charge is 0.313 e. The number of rotatable bonds is 5. The van der Waals surface area contributed by atoms with Crippen LogP contribution in [0.15, 0.2) is 23.1 Å². The highest BCUT2D eigenvalue weighted by atomic mass is 32.2. The molecule has 1 aromatic carbocycles. The average molecular weight is 332 g/mol. The van der Waals surface area contributed by atoms with Gasteiger partial charge in [0.2, 0.25) is 10.0 Å². The lowest BCUT2D eigenvalue weighted by Gasteiger charge is -2.32. The van der Waals surface area contributed by atoms with E-state index in [0.717, 1.165) is 24.1 Å². The van der Waals surface area contributed by atoms with Gasteiger partial charge >= 0.3 is 0 Å². The summed E-state index contributed by atoms with van der Waals surface area (Å²) in [5, 5.41) is 3.10. The van der Waals surface area contributed by atoms with Gasteiger partial charge in [0.05, 0.1) is 4.90 Å². The van der Waals surface area contributed by atoms with Crippen molar-refractivity contribution in [2.45, 2.75) is 31.3 Å². The Hall–Kier alpha value is -0.630. The van der Waals surface area contributed by atoms with Gasteiger partial charge in [-0.05, 0) is 31.2 Å². The minimum absolute atomic E-state index is 0.0657. The first kappa shape index (κ1) is 16.7. The number of hydrogen-bond acceptors (Lipinski definition) is 4. The van der Waals surface area contributed by atoms with Crippen molar-refractivity contribution in [3.8, 4) is 0 Å². The third kappa shape index (κ3) is 3.77. The first-order chi connectivity index (χ1) is 9.96. The van der Waals surface area contributed by atoms with Gasteiger partial charge in [-0.1, -0.05) is 13.0 Å². The Morgan fingerprint density at radius 3 is 2.90 bits per heavy atom. The first-order valence-corrected chi connectivity index (χ1v) is 9.65. The van der Waals surface area contributed by atoms with Crippen LogP contribution in [-0.4, -0.2) is 43.4 Å². The highest BCUT2D eigenvalue weighted by molar-refractivity contribution is 7.99. The summed E-state index contributed by atoms with van der Waals surface area (Å²) >= 11 is 1.75. The molecular weight excluding hydrogens is 311 g/mol. The van der Waals surface area contributed by atoms with Gasteiger partial charge in [0.25, 0.3) is 0 Å². The Balaban J connectivity index is 2.40. The number of sulfonamides is 1. The first-order valence-electron chi connectivity index (χ1n) is 7.05. The Morgan fingerprint density at radius 1 is 1.48 bits per heavy atom. The van der Waals surface area contributed by atoms with Crippen LogP contribution < -0.4 is 5.32 Å². The molecule has 1 aliphatic rings. The molecule has 1 unspecified atom stereocenters. The van der Waals surface area contributed by atoms with Crippen LogP contribution in [0, 0.1) is 5.82 Å². The Labute approximate surface area is 130 Å². The summed E-state index contributed by atoms with van der Waals surface area (Å²) in [7, 11) is -3.65. The zero-order valence-corrected chi connectivity index (χ0v) is 13.9. The molecular formula is C14H21FN2O2S2. The molecule has 0 bridgehead atoms. The minimum Gasteiger partial charge on any atom is -0.313 e. The predicted octanol–water partition coefficient (Wildman–Crippen LogP) is 2.06. The fourth-order valence-electron chi connectivity index (χ4n) is 2.37. The molecule has 0 spiro atoms. The molecule has 7 heteroatoms. The summed E-state index contributed by atoms with van der Waals surface area (Å²) in [6.45, 7) is 5.47. The van der Waals surface area contributed by atoms with Crippen LogP contribution in [0.3, 0.4) is 0 Å². The molecule has 2 rings (SSSR count). The Morgan fingerprint density at radius 2 is 2.24 bits per heavy atom. The van der Waals surface area contributed by atoms with Crippen molar-refractivity contribution in [3.63, 3.8) is 0 Å². The van der Waals surface area contributed by atoms with Crippen LogP contribution in [-0.2, 0) is 16.6 Å². The Bertz CT molecular complexity index is 593. The van der Waals surface area contributed by atoms with Crippen molar-refractivity contribution in [1.82, 2.24) is 9.62 Å². The third-order valence-corrected chi connectivity index (χ3v) is 6.77. The standard InChI is InChI=1S/C14H21FN2O2S2/c1-3-16-9-12-4-5-13(15)8-14(12)21(18,19)17-6-7-20-10-11(17)2/h4-5,8,11,16H,3,6-7,9-10H2,1-2H3. The van der Waals surface area contributed by atoms with E-state index in [2.05, 4.69) is 5.32 Å². The van der Waals surface area contributed by atoms with Gasteiger partial charge in [0.15, 0.2) is 0 Å². The monoisotopic (exact) mass is 332 g/mol. The lowest BCUT2D eigenvalue weighted by atomic mass is 10.2. The summed E-state index contributed by atoms with van der Waals surface area (Å²) in [5.74, 6) is 1.03. The van der Waals surface area contributed by atoms with Gasteiger partial charge < -0.3 is 5.32 Å². The average Bonchev–Trinajstić information content (AvgIpc) is 2.46. The lowest BCUT2D eigenvalue weighted by Crippen LogP contribution is -2.44. The Kier molecular flexibility index (Phi) is 5.65. The van der Waals surface area contributed by atoms with Crippen molar-refractivity contribution in [1.29, 1.82) is 0 Å². The minimum atomic E-state index is -3.65. The fraction of sp³-hybridized carbons (Fsp3) is 0.571. The topological polar surface area (TPSA) is 49.4 Å². The van der Waals surface area contributed by atoms with E-state index < -0.39 is 15.8 Å². The van der Waals surface area contributed by atoms with Gasteiger partial charge in [-0.2, -0.15) is 16.1 Å². The molecule has 1 saturated heterocycles. The van der Waals surface area contributed by atoms with Gasteiger partial charge in [-0.15, -0.1) is 0 Å². The van der Waals surface area contributed by atoms with Crippen LogP contribution >= 0.6 is 11.8 Å². The normalized spacial score (nSPS) is 20.6. The third-order valence-electron chi connectivity index (χ3n) is 3.49.